The van der Waals surface area contributed by atoms with Gasteiger partial charge in [-0.2, -0.15) is 0 Å². The fraction of sp³-hybridized carbons (Fsp3) is 0.273. The zero-order valence-corrected chi connectivity index (χ0v) is 9.08. The van der Waals surface area contributed by atoms with E-state index in [1.165, 1.54) is 6.92 Å². The van der Waals surface area contributed by atoms with Crippen molar-refractivity contribution in [3.05, 3.63) is 34.9 Å². The van der Waals surface area contributed by atoms with Crippen LogP contribution in [-0.4, -0.2) is 18.4 Å². The van der Waals surface area contributed by atoms with Crippen molar-refractivity contribution in [3.63, 3.8) is 0 Å². The Morgan fingerprint density at radius 3 is 2.40 bits per heavy atom. The summed E-state index contributed by atoms with van der Waals surface area (Å²) in [6, 6.07) is 6.61. The Labute approximate surface area is 93.0 Å². The summed E-state index contributed by atoms with van der Waals surface area (Å²) >= 11 is 5.68. The van der Waals surface area contributed by atoms with Crippen LogP contribution in [0.5, 0.6) is 0 Å². The Balaban J connectivity index is 2.47. The van der Waals surface area contributed by atoms with E-state index in [2.05, 4.69) is 4.74 Å². The number of hydrogen-bond donors (Lipinski definition) is 0. The van der Waals surface area contributed by atoms with Crippen molar-refractivity contribution >= 4 is 23.4 Å². The van der Waals surface area contributed by atoms with Gasteiger partial charge in [-0.25, -0.2) is 0 Å². The minimum atomic E-state index is -0.376. The molecule has 0 saturated heterocycles. The fourth-order valence-corrected chi connectivity index (χ4v) is 1.19. The average Bonchev–Trinajstić information content (AvgIpc) is 2.18. The Morgan fingerprint density at radius 2 is 1.87 bits per heavy atom. The standard InChI is InChI=1S/C11H11ClO3/c1-8(13)15-7-6-11(14)9-2-4-10(12)5-3-9/h2-5H,6-7H2,1H3. The number of carbonyl (C=O) groups is 2. The van der Waals surface area contributed by atoms with Crippen LogP contribution in [-0.2, 0) is 9.53 Å². The Morgan fingerprint density at radius 1 is 1.27 bits per heavy atom. The molecule has 0 spiro atoms. The fourth-order valence-electron chi connectivity index (χ4n) is 1.07. The van der Waals surface area contributed by atoms with E-state index in [0.717, 1.165) is 0 Å². The number of halogens is 1. The van der Waals surface area contributed by atoms with E-state index < -0.39 is 0 Å². The van der Waals surface area contributed by atoms with Gasteiger partial charge in [0.1, 0.15) is 0 Å². The number of hydrogen-bond acceptors (Lipinski definition) is 3. The molecule has 3 nitrogen and oxygen atoms in total. The van der Waals surface area contributed by atoms with Crippen molar-refractivity contribution < 1.29 is 14.3 Å². The van der Waals surface area contributed by atoms with Gasteiger partial charge in [-0.1, -0.05) is 11.6 Å². The SMILES string of the molecule is CC(=O)OCCC(=O)c1ccc(Cl)cc1. The third-order valence-corrected chi connectivity index (χ3v) is 2.05. The highest BCUT2D eigenvalue weighted by Crippen LogP contribution is 2.11. The highest BCUT2D eigenvalue weighted by Gasteiger charge is 2.05. The average molecular weight is 227 g/mol. The highest BCUT2D eigenvalue weighted by atomic mass is 35.5. The largest absolute Gasteiger partial charge is 0.465 e. The second kappa shape index (κ2) is 5.51. The summed E-state index contributed by atoms with van der Waals surface area (Å²) in [6.07, 6.45) is 0.196. The van der Waals surface area contributed by atoms with Crippen molar-refractivity contribution in [2.24, 2.45) is 0 Å². The molecule has 0 bridgehead atoms. The Hall–Kier alpha value is -1.35. The number of ether oxygens (including phenoxy) is 1. The van der Waals surface area contributed by atoms with Gasteiger partial charge in [-0.05, 0) is 24.3 Å². The molecule has 4 heteroatoms. The van der Waals surface area contributed by atoms with E-state index in [4.69, 9.17) is 11.6 Å². The molecule has 0 saturated carbocycles. The summed E-state index contributed by atoms with van der Waals surface area (Å²) in [5.41, 5.74) is 0.576. The molecule has 1 rings (SSSR count). The minimum Gasteiger partial charge on any atom is -0.465 e. The molecule has 0 aliphatic carbocycles. The minimum absolute atomic E-state index is 0.0621. The maximum atomic E-state index is 11.5. The lowest BCUT2D eigenvalue weighted by atomic mass is 10.1. The molecule has 1 aromatic rings. The van der Waals surface area contributed by atoms with Crippen LogP contribution in [0.2, 0.25) is 5.02 Å². The summed E-state index contributed by atoms with van der Waals surface area (Å²) in [5.74, 6) is -0.438. The lowest BCUT2D eigenvalue weighted by Gasteiger charge is -2.01. The van der Waals surface area contributed by atoms with E-state index in [1.807, 2.05) is 0 Å². The van der Waals surface area contributed by atoms with E-state index >= 15 is 0 Å². The van der Waals surface area contributed by atoms with Crippen LogP contribution in [0.25, 0.3) is 0 Å². The summed E-state index contributed by atoms with van der Waals surface area (Å²) in [6.45, 7) is 1.43. The van der Waals surface area contributed by atoms with Gasteiger partial charge in [-0.3, -0.25) is 9.59 Å². The molecule has 0 aliphatic rings. The van der Waals surface area contributed by atoms with Gasteiger partial charge < -0.3 is 4.74 Å². The maximum Gasteiger partial charge on any atom is 0.302 e. The van der Waals surface area contributed by atoms with Gasteiger partial charge in [0.05, 0.1) is 6.61 Å². The van der Waals surface area contributed by atoms with Crippen molar-refractivity contribution in [2.45, 2.75) is 13.3 Å². The monoisotopic (exact) mass is 226 g/mol. The predicted octanol–water partition coefficient (Wildman–Crippen LogP) is 2.48. The van der Waals surface area contributed by atoms with Gasteiger partial charge in [0, 0.05) is 23.9 Å². The van der Waals surface area contributed by atoms with Crippen molar-refractivity contribution in [2.75, 3.05) is 6.61 Å². The van der Waals surface area contributed by atoms with Crippen molar-refractivity contribution in [1.82, 2.24) is 0 Å². The smallest absolute Gasteiger partial charge is 0.302 e. The zero-order valence-electron chi connectivity index (χ0n) is 8.33. The lowest BCUT2D eigenvalue weighted by Crippen LogP contribution is -2.07. The van der Waals surface area contributed by atoms with Crippen LogP contribution in [0.15, 0.2) is 24.3 Å². The first-order chi connectivity index (χ1) is 7.09. The van der Waals surface area contributed by atoms with Crippen LogP contribution in [0.1, 0.15) is 23.7 Å². The number of carbonyl (C=O) groups excluding carboxylic acids is 2. The molecule has 0 heterocycles. The van der Waals surface area contributed by atoms with Crippen LogP contribution in [0.3, 0.4) is 0 Å². The van der Waals surface area contributed by atoms with Crippen LogP contribution < -0.4 is 0 Å². The normalized spacial score (nSPS) is 9.73. The molecule has 0 radical (unpaired) electrons. The van der Waals surface area contributed by atoms with Crippen LogP contribution >= 0.6 is 11.6 Å². The number of ketones is 1. The van der Waals surface area contributed by atoms with E-state index in [-0.39, 0.29) is 24.8 Å². The van der Waals surface area contributed by atoms with Gasteiger partial charge in [0.15, 0.2) is 5.78 Å². The number of benzene rings is 1. The van der Waals surface area contributed by atoms with Crippen LogP contribution in [0, 0.1) is 0 Å². The summed E-state index contributed by atoms with van der Waals surface area (Å²) in [4.78, 5) is 22.0. The van der Waals surface area contributed by atoms with E-state index in [9.17, 15) is 9.59 Å². The highest BCUT2D eigenvalue weighted by molar-refractivity contribution is 6.30. The third-order valence-electron chi connectivity index (χ3n) is 1.80. The summed E-state index contributed by atoms with van der Waals surface area (Å²) < 4.78 is 4.67. The third kappa shape index (κ3) is 4.13. The molecule has 0 amide bonds. The molecule has 0 atom stereocenters. The first-order valence-electron chi connectivity index (χ1n) is 4.51. The van der Waals surface area contributed by atoms with E-state index in [0.29, 0.717) is 10.6 Å². The molecule has 0 N–H and O–H groups in total. The number of rotatable bonds is 4. The van der Waals surface area contributed by atoms with Crippen molar-refractivity contribution in [1.29, 1.82) is 0 Å². The van der Waals surface area contributed by atoms with Gasteiger partial charge in [0.25, 0.3) is 0 Å². The quantitative estimate of drug-likeness (QED) is 0.585. The summed E-state index contributed by atoms with van der Waals surface area (Å²) in [7, 11) is 0. The first kappa shape index (κ1) is 11.7. The van der Waals surface area contributed by atoms with Gasteiger partial charge in [-0.15, -0.1) is 0 Å². The molecule has 1 aromatic carbocycles. The molecule has 15 heavy (non-hydrogen) atoms. The van der Waals surface area contributed by atoms with Gasteiger partial charge in [0.2, 0.25) is 0 Å². The Kier molecular flexibility index (Phi) is 4.31. The second-order valence-electron chi connectivity index (χ2n) is 3.02. The maximum absolute atomic E-state index is 11.5. The molecule has 0 unspecified atom stereocenters. The zero-order chi connectivity index (χ0) is 11.3. The molecule has 0 aromatic heterocycles. The molecule has 0 aliphatic heterocycles. The Bertz CT molecular complexity index is 357. The molecule has 0 fully saturated rings. The predicted molar refractivity (Wildman–Crippen MR) is 57.0 cm³/mol. The van der Waals surface area contributed by atoms with E-state index in [1.54, 1.807) is 24.3 Å². The van der Waals surface area contributed by atoms with Crippen LogP contribution in [0.4, 0.5) is 0 Å². The van der Waals surface area contributed by atoms with Crippen molar-refractivity contribution in [3.8, 4) is 0 Å². The molecular weight excluding hydrogens is 216 g/mol. The summed E-state index contributed by atoms with van der Waals surface area (Å²) in [5, 5.41) is 0.589. The number of Topliss-reactive ketones (excluding diaryl/α,β-unsaturated/α-hetero) is 1. The number of esters is 1. The molecular formula is C11H11ClO3. The molecule has 80 valence electrons. The first-order valence-corrected chi connectivity index (χ1v) is 4.89. The second-order valence-corrected chi connectivity index (χ2v) is 3.46. The van der Waals surface area contributed by atoms with Gasteiger partial charge >= 0.3 is 5.97 Å². The topological polar surface area (TPSA) is 43.4 Å². The lowest BCUT2D eigenvalue weighted by molar-refractivity contribution is -0.140.